The van der Waals surface area contributed by atoms with E-state index in [4.69, 9.17) is 4.74 Å². The van der Waals surface area contributed by atoms with Crippen LogP contribution in [0.25, 0.3) is 5.82 Å². The second kappa shape index (κ2) is 8.09. The van der Waals surface area contributed by atoms with E-state index >= 15 is 0 Å². The van der Waals surface area contributed by atoms with Crippen LogP contribution in [0, 0.1) is 5.92 Å². The Balaban J connectivity index is 1.39. The van der Waals surface area contributed by atoms with Gasteiger partial charge in [0.2, 0.25) is 5.91 Å². The van der Waals surface area contributed by atoms with E-state index < -0.39 is 5.97 Å². The van der Waals surface area contributed by atoms with Gasteiger partial charge in [0.1, 0.15) is 24.3 Å². The molecule has 0 unspecified atom stereocenters. The number of aromatic nitrogens is 4. The summed E-state index contributed by atoms with van der Waals surface area (Å²) in [5.74, 6) is 0.675. The minimum atomic E-state index is -0.452. The molecular formula is C20H20N6O3. The zero-order chi connectivity index (χ0) is 20.2. The van der Waals surface area contributed by atoms with Gasteiger partial charge in [-0.05, 0) is 19.1 Å². The summed E-state index contributed by atoms with van der Waals surface area (Å²) in [6.45, 7) is 3.09. The van der Waals surface area contributed by atoms with E-state index in [1.54, 1.807) is 54.5 Å². The summed E-state index contributed by atoms with van der Waals surface area (Å²) in [4.78, 5) is 39.2. The molecule has 3 heterocycles. The van der Waals surface area contributed by atoms with Crippen molar-refractivity contribution >= 4 is 23.4 Å². The quantitative estimate of drug-likeness (QED) is 0.639. The number of hydrogen-bond donors (Lipinski definition) is 1. The number of benzene rings is 1. The van der Waals surface area contributed by atoms with E-state index in [1.165, 1.54) is 6.33 Å². The summed E-state index contributed by atoms with van der Waals surface area (Å²) in [5, 5.41) is 2.85. The number of carbonyl (C=O) groups excluding carboxylic acids is 2. The molecule has 1 fully saturated rings. The normalized spacial score (nSPS) is 13.6. The Kier molecular flexibility index (Phi) is 5.19. The Bertz CT molecular complexity index is 1010. The maximum atomic E-state index is 12.6. The highest BCUT2D eigenvalue weighted by atomic mass is 16.5. The van der Waals surface area contributed by atoms with Crippen LogP contribution < -0.4 is 10.2 Å². The van der Waals surface area contributed by atoms with Crippen molar-refractivity contribution in [3.05, 3.63) is 60.9 Å². The maximum absolute atomic E-state index is 12.6. The molecule has 0 saturated carbocycles. The number of carbonyl (C=O) groups is 2. The highest BCUT2D eigenvalue weighted by molar-refractivity contribution is 6.02. The molecule has 1 amide bonds. The Morgan fingerprint density at radius 2 is 2.00 bits per heavy atom. The summed E-state index contributed by atoms with van der Waals surface area (Å²) in [6, 6.07) is 8.69. The van der Waals surface area contributed by atoms with Crippen molar-refractivity contribution < 1.29 is 14.3 Å². The molecule has 3 aromatic rings. The SMILES string of the molecule is CCOC(=O)c1ccccc1NC(=O)C1CN(c2cc(-n3ccnc3)ncn2)C1. The van der Waals surface area contributed by atoms with Crippen molar-refractivity contribution in [3.63, 3.8) is 0 Å². The number of imidazole rings is 1. The van der Waals surface area contributed by atoms with Gasteiger partial charge in [0, 0.05) is 31.5 Å². The first-order chi connectivity index (χ1) is 14.2. The highest BCUT2D eigenvalue weighted by Gasteiger charge is 2.34. The lowest BCUT2D eigenvalue weighted by molar-refractivity contribution is -0.120. The Morgan fingerprint density at radius 1 is 1.21 bits per heavy atom. The number of anilines is 2. The fourth-order valence-electron chi connectivity index (χ4n) is 3.09. The number of para-hydroxylation sites is 1. The van der Waals surface area contributed by atoms with Crippen LogP contribution in [0.5, 0.6) is 0 Å². The molecule has 0 radical (unpaired) electrons. The third-order valence-corrected chi connectivity index (χ3v) is 4.66. The number of ether oxygens (including phenoxy) is 1. The van der Waals surface area contributed by atoms with E-state index in [9.17, 15) is 9.59 Å². The number of esters is 1. The second-order valence-electron chi connectivity index (χ2n) is 6.56. The molecule has 9 heteroatoms. The Morgan fingerprint density at radius 3 is 2.76 bits per heavy atom. The van der Waals surface area contributed by atoms with Crippen LogP contribution >= 0.6 is 0 Å². The lowest BCUT2D eigenvalue weighted by Gasteiger charge is -2.39. The number of rotatable bonds is 6. The Labute approximate surface area is 167 Å². The standard InChI is InChI=1S/C20H20N6O3/c1-2-29-20(28)15-5-3-4-6-16(15)24-19(27)14-10-26(11-14)18-9-17(22-12-23-18)25-8-7-21-13-25/h3-9,12-14H,2,10-11H2,1H3,(H,24,27). The van der Waals surface area contributed by atoms with Gasteiger partial charge in [-0.2, -0.15) is 0 Å². The first-order valence-electron chi connectivity index (χ1n) is 9.28. The van der Waals surface area contributed by atoms with Crippen molar-refractivity contribution in [2.45, 2.75) is 6.92 Å². The summed E-state index contributed by atoms with van der Waals surface area (Å²) in [6.07, 6.45) is 6.65. The molecule has 1 aliphatic rings. The molecule has 9 nitrogen and oxygen atoms in total. The van der Waals surface area contributed by atoms with Gasteiger partial charge in [-0.25, -0.2) is 19.7 Å². The predicted octanol–water partition coefficient (Wildman–Crippen LogP) is 1.91. The van der Waals surface area contributed by atoms with Gasteiger partial charge in [-0.3, -0.25) is 9.36 Å². The van der Waals surface area contributed by atoms with Gasteiger partial charge in [0.25, 0.3) is 0 Å². The minimum absolute atomic E-state index is 0.137. The third-order valence-electron chi connectivity index (χ3n) is 4.66. The molecule has 148 valence electrons. The van der Waals surface area contributed by atoms with Crippen LogP contribution in [0.15, 0.2) is 55.4 Å². The molecule has 0 bridgehead atoms. The molecule has 1 aromatic carbocycles. The average molecular weight is 392 g/mol. The molecular weight excluding hydrogens is 372 g/mol. The average Bonchev–Trinajstić information content (AvgIpc) is 3.22. The summed E-state index contributed by atoms with van der Waals surface area (Å²) < 4.78 is 6.84. The van der Waals surface area contributed by atoms with E-state index in [1.807, 2.05) is 11.0 Å². The van der Waals surface area contributed by atoms with Crippen LogP contribution in [-0.4, -0.2) is 51.1 Å². The first kappa shape index (κ1) is 18.6. The van der Waals surface area contributed by atoms with E-state index in [2.05, 4.69) is 20.3 Å². The van der Waals surface area contributed by atoms with Crippen LogP contribution in [0.1, 0.15) is 17.3 Å². The monoisotopic (exact) mass is 392 g/mol. The molecule has 1 saturated heterocycles. The molecule has 29 heavy (non-hydrogen) atoms. The van der Waals surface area contributed by atoms with Crippen LogP contribution in [0.3, 0.4) is 0 Å². The fraction of sp³-hybridized carbons (Fsp3) is 0.250. The topological polar surface area (TPSA) is 102 Å². The smallest absolute Gasteiger partial charge is 0.340 e. The van der Waals surface area contributed by atoms with E-state index in [0.717, 1.165) is 5.82 Å². The zero-order valence-corrected chi connectivity index (χ0v) is 15.9. The molecule has 0 spiro atoms. The lowest BCUT2D eigenvalue weighted by Crippen LogP contribution is -2.52. The second-order valence-corrected chi connectivity index (χ2v) is 6.56. The molecule has 1 N–H and O–H groups in total. The molecule has 1 aliphatic heterocycles. The van der Waals surface area contributed by atoms with Gasteiger partial charge < -0.3 is 15.0 Å². The van der Waals surface area contributed by atoms with Crippen LogP contribution in [0.2, 0.25) is 0 Å². The van der Waals surface area contributed by atoms with Crippen molar-refractivity contribution in [2.75, 3.05) is 29.9 Å². The van der Waals surface area contributed by atoms with Crippen LogP contribution in [0.4, 0.5) is 11.5 Å². The summed E-state index contributed by atoms with van der Waals surface area (Å²) in [5.41, 5.74) is 0.804. The number of hydrogen-bond acceptors (Lipinski definition) is 7. The summed E-state index contributed by atoms with van der Waals surface area (Å²) in [7, 11) is 0. The Hall–Kier alpha value is -3.75. The van der Waals surface area contributed by atoms with Crippen molar-refractivity contribution in [1.82, 2.24) is 19.5 Å². The molecule has 0 aliphatic carbocycles. The van der Waals surface area contributed by atoms with E-state index in [-0.39, 0.29) is 18.4 Å². The number of amides is 1. The number of nitrogens with one attached hydrogen (secondary N) is 1. The zero-order valence-electron chi connectivity index (χ0n) is 15.9. The molecule has 0 atom stereocenters. The third kappa shape index (κ3) is 3.93. The molecule has 4 rings (SSSR count). The van der Waals surface area contributed by atoms with Gasteiger partial charge >= 0.3 is 5.97 Å². The van der Waals surface area contributed by atoms with Gasteiger partial charge in [-0.1, -0.05) is 12.1 Å². The summed E-state index contributed by atoms with van der Waals surface area (Å²) >= 11 is 0. The van der Waals surface area contributed by atoms with E-state index in [0.29, 0.717) is 30.2 Å². The largest absolute Gasteiger partial charge is 0.462 e. The first-order valence-corrected chi connectivity index (χ1v) is 9.28. The van der Waals surface area contributed by atoms with Crippen LogP contribution in [-0.2, 0) is 9.53 Å². The van der Waals surface area contributed by atoms with Crippen molar-refractivity contribution in [2.24, 2.45) is 5.92 Å². The highest BCUT2D eigenvalue weighted by Crippen LogP contribution is 2.25. The van der Waals surface area contributed by atoms with Gasteiger partial charge in [0.15, 0.2) is 0 Å². The lowest BCUT2D eigenvalue weighted by atomic mass is 9.98. The van der Waals surface area contributed by atoms with Crippen molar-refractivity contribution in [1.29, 1.82) is 0 Å². The van der Waals surface area contributed by atoms with Gasteiger partial charge in [-0.15, -0.1) is 0 Å². The minimum Gasteiger partial charge on any atom is -0.462 e. The fourth-order valence-corrected chi connectivity index (χ4v) is 3.09. The predicted molar refractivity (Wildman–Crippen MR) is 106 cm³/mol. The molecule has 2 aromatic heterocycles. The van der Waals surface area contributed by atoms with Gasteiger partial charge in [0.05, 0.1) is 23.8 Å². The number of nitrogens with zero attached hydrogens (tertiary/aromatic N) is 5. The van der Waals surface area contributed by atoms with Crippen molar-refractivity contribution in [3.8, 4) is 5.82 Å². The maximum Gasteiger partial charge on any atom is 0.340 e.